The van der Waals surface area contributed by atoms with Crippen LogP contribution in [0, 0.1) is 12.3 Å². The summed E-state index contributed by atoms with van der Waals surface area (Å²) < 4.78 is 0. The molecule has 1 rings (SSSR count). The molecule has 2 heteroatoms. The fourth-order valence-electron chi connectivity index (χ4n) is 0.916. The summed E-state index contributed by atoms with van der Waals surface area (Å²) in [6, 6.07) is 2.14. The molecule has 0 bridgehead atoms. The fraction of sp³-hybridized carbons (Fsp3) is 0.333. The minimum absolute atomic E-state index is 0.0891. The van der Waals surface area contributed by atoms with Gasteiger partial charge < -0.3 is 5.32 Å². The molecule has 0 aromatic carbocycles. The van der Waals surface area contributed by atoms with Gasteiger partial charge in [0.05, 0.1) is 6.04 Å². The molecule has 0 radical (unpaired) electrons. The van der Waals surface area contributed by atoms with E-state index in [4.69, 9.17) is 6.42 Å². The first-order valence-corrected chi connectivity index (χ1v) is 4.54. The van der Waals surface area contributed by atoms with Crippen LogP contribution in [0.4, 0.5) is 0 Å². The molecule has 1 aromatic rings. The zero-order valence-electron chi connectivity index (χ0n) is 6.50. The Morgan fingerprint density at radius 1 is 1.82 bits per heavy atom. The second-order valence-electron chi connectivity index (χ2n) is 2.21. The third-order valence-corrected chi connectivity index (χ3v) is 2.15. The quantitative estimate of drug-likeness (QED) is 0.676. The molecule has 1 atom stereocenters. The average molecular weight is 165 g/mol. The van der Waals surface area contributed by atoms with E-state index in [2.05, 4.69) is 29.6 Å². The van der Waals surface area contributed by atoms with Crippen molar-refractivity contribution in [1.82, 2.24) is 5.32 Å². The molecule has 0 aliphatic heterocycles. The summed E-state index contributed by atoms with van der Waals surface area (Å²) in [5.74, 6) is 2.70. The van der Waals surface area contributed by atoms with E-state index in [0.717, 1.165) is 6.54 Å². The minimum Gasteiger partial charge on any atom is -0.300 e. The first-order chi connectivity index (χ1) is 5.38. The minimum atomic E-state index is 0.0891. The van der Waals surface area contributed by atoms with E-state index in [1.165, 1.54) is 5.56 Å². The lowest BCUT2D eigenvalue weighted by atomic mass is 10.2. The van der Waals surface area contributed by atoms with E-state index >= 15 is 0 Å². The third-order valence-electron chi connectivity index (χ3n) is 1.45. The van der Waals surface area contributed by atoms with Crippen molar-refractivity contribution < 1.29 is 0 Å². The molecule has 0 aliphatic rings. The van der Waals surface area contributed by atoms with Crippen molar-refractivity contribution in [3.8, 4) is 12.3 Å². The molecule has 0 saturated carbocycles. The van der Waals surface area contributed by atoms with E-state index in [0.29, 0.717) is 0 Å². The summed E-state index contributed by atoms with van der Waals surface area (Å²) in [5, 5.41) is 7.32. The topological polar surface area (TPSA) is 12.0 Å². The number of hydrogen-bond acceptors (Lipinski definition) is 2. The van der Waals surface area contributed by atoms with Crippen LogP contribution >= 0.6 is 11.3 Å². The summed E-state index contributed by atoms with van der Waals surface area (Å²) in [5.41, 5.74) is 1.19. The second kappa shape index (κ2) is 4.17. The molecule has 11 heavy (non-hydrogen) atoms. The molecule has 1 N–H and O–H groups in total. The van der Waals surface area contributed by atoms with Crippen LogP contribution in [0.2, 0.25) is 0 Å². The average Bonchev–Trinajstić information content (AvgIpc) is 2.52. The highest BCUT2D eigenvalue weighted by Gasteiger charge is 2.04. The highest BCUT2D eigenvalue weighted by atomic mass is 32.1. The van der Waals surface area contributed by atoms with Crippen LogP contribution in [0.5, 0.6) is 0 Å². The summed E-state index contributed by atoms with van der Waals surface area (Å²) in [6.45, 7) is 2.96. The van der Waals surface area contributed by atoms with E-state index < -0.39 is 0 Å². The molecular weight excluding hydrogens is 154 g/mol. The van der Waals surface area contributed by atoms with Crippen molar-refractivity contribution in [2.75, 3.05) is 6.54 Å². The molecule has 1 nitrogen and oxygen atoms in total. The van der Waals surface area contributed by atoms with Crippen molar-refractivity contribution in [3.63, 3.8) is 0 Å². The van der Waals surface area contributed by atoms with Gasteiger partial charge in [0.25, 0.3) is 0 Å². The van der Waals surface area contributed by atoms with Crippen LogP contribution in [0.3, 0.4) is 0 Å². The maximum absolute atomic E-state index is 5.34. The lowest BCUT2D eigenvalue weighted by Gasteiger charge is -2.08. The summed E-state index contributed by atoms with van der Waals surface area (Å²) in [6.07, 6.45) is 5.34. The number of thiophene rings is 1. The standard InChI is InChI=1S/C9H11NS/c1-3-9(10-4-2)8-5-6-11-7-8/h1,5-7,9-10H,4H2,2H3. The van der Waals surface area contributed by atoms with Gasteiger partial charge >= 0.3 is 0 Å². The van der Waals surface area contributed by atoms with E-state index in [1.54, 1.807) is 11.3 Å². The van der Waals surface area contributed by atoms with Gasteiger partial charge in [0.1, 0.15) is 0 Å². The van der Waals surface area contributed by atoms with Gasteiger partial charge in [-0.25, -0.2) is 0 Å². The molecule has 0 amide bonds. The predicted octanol–water partition coefficient (Wildman–Crippen LogP) is 2.03. The Labute approximate surface area is 71.4 Å². The molecule has 0 fully saturated rings. The van der Waals surface area contributed by atoms with E-state index in [1.807, 2.05) is 5.38 Å². The largest absolute Gasteiger partial charge is 0.300 e. The summed E-state index contributed by atoms with van der Waals surface area (Å²) in [4.78, 5) is 0. The molecule has 1 heterocycles. The number of terminal acetylenes is 1. The SMILES string of the molecule is C#CC(NCC)c1ccsc1. The van der Waals surface area contributed by atoms with Crippen molar-refractivity contribution in [3.05, 3.63) is 22.4 Å². The van der Waals surface area contributed by atoms with Crippen LogP contribution in [-0.4, -0.2) is 6.54 Å². The van der Waals surface area contributed by atoms with Crippen molar-refractivity contribution in [2.45, 2.75) is 13.0 Å². The summed E-state index contributed by atoms with van der Waals surface area (Å²) in [7, 11) is 0. The maximum Gasteiger partial charge on any atom is 0.0951 e. The van der Waals surface area contributed by atoms with Gasteiger partial charge in [0.15, 0.2) is 0 Å². The number of rotatable bonds is 3. The van der Waals surface area contributed by atoms with Crippen LogP contribution in [0.15, 0.2) is 16.8 Å². The molecule has 58 valence electrons. The second-order valence-corrected chi connectivity index (χ2v) is 2.99. The Bertz CT molecular complexity index is 233. The summed E-state index contributed by atoms with van der Waals surface area (Å²) >= 11 is 1.67. The lowest BCUT2D eigenvalue weighted by molar-refractivity contribution is 0.667. The highest BCUT2D eigenvalue weighted by Crippen LogP contribution is 2.14. The zero-order valence-corrected chi connectivity index (χ0v) is 7.32. The van der Waals surface area contributed by atoms with E-state index in [-0.39, 0.29) is 6.04 Å². The van der Waals surface area contributed by atoms with Gasteiger partial charge in [0, 0.05) is 0 Å². The van der Waals surface area contributed by atoms with Gasteiger partial charge in [-0.05, 0) is 28.9 Å². The number of hydrogen-bond donors (Lipinski definition) is 1. The first-order valence-electron chi connectivity index (χ1n) is 3.60. The Balaban J connectivity index is 2.65. The lowest BCUT2D eigenvalue weighted by Crippen LogP contribution is -2.18. The third kappa shape index (κ3) is 2.07. The van der Waals surface area contributed by atoms with Crippen LogP contribution in [0.25, 0.3) is 0 Å². The van der Waals surface area contributed by atoms with Gasteiger partial charge in [-0.1, -0.05) is 12.8 Å². The van der Waals surface area contributed by atoms with Crippen LogP contribution in [0.1, 0.15) is 18.5 Å². The Hall–Kier alpha value is -0.780. The van der Waals surface area contributed by atoms with E-state index in [9.17, 15) is 0 Å². The van der Waals surface area contributed by atoms with Gasteiger partial charge in [-0.3, -0.25) is 0 Å². The Kier molecular flexibility index (Phi) is 3.15. The molecule has 1 aromatic heterocycles. The van der Waals surface area contributed by atoms with Crippen LogP contribution < -0.4 is 5.32 Å². The molecule has 1 unspecified atom stereocenters. The van der Waals surface area contributed by atoms with Gasteiger partial charge in [0.2, 0.25) is 0 Å². The monoisotopic (exact) mass is 165 g/mol. The fourth-order valence-corrected chi connectivity index (χ4v) is 1.60. The predicted molar refractivity (Wildman–Crippen MR) is 49.6 cm³/mol. The molecular formula is C9H11NS. The Morgan fingerprint density at radius 2 is 2.64 bits per heavy atom. The van der Waals surface area contributed by atoms with Gasteiger partial charge in [-0.2, -0.15) is 11.3 Å². The molecule has 0 spiro atoms. The first kappa shape index (κ1) is 8.32. The highest BCUT2D eigenvalue weighted by molar-refractivity contribution is 7.07. The van der Waals surface area contributed by atoms with Crippen molar-refractivity contribution >= 4 is 11.3 Å². The molecule has 0 saturated heterocycles. The van der Waals surface area contributed by atoms with Crippen molar-refractivity contribution in [1.29, 1.82) is 0 Å². The normalized spacial score (nSPS) is 12.4. The maximum atomic E-state index is 5.34. The van der Waals surface area contributed by atoms with Crippen molar-refractivity contribution in [2.24, 2.45) is 0 Å². The molecule has 0 aliphatic carbocycles. The number of nitrogens with one attached hydrogen (secondary N) is 1. The smallest absolute Gasteiger partial charge is 0.0951 e. The zero-order chi connectivity index (χ0) is 8.10. The Morgan fingerprint density at radius 3 is 3.09 bits per heavy atom. The van der Waals surface area contributed by atoms with Gasteiger partial charge in [-0.15, -0.1) is 6.42 Å². The van der Waals surface area contributed by atoms with Crippen LogP contribution in [-0.2, 0) is 0 Å².